The summed E-state index contributed by atoms with van der Waals surface area (Å²) in [6.45, 7) is 7.08. The molecule has 1 saturated carbocycles. The minimum absolute atomic E-state index is 0.0687. The number of nitrogens with zero attached hydrogens (tertiary/aromatic N) is 4. The Bertz CT molecular complexity index is 1470. The van der Waals surface area contributed by atoms with Crippen molar-refractivity contribution >= 4 is 27.8 Å². The lowest BCUT2D eigenvalue weighted by molar-refractivity contribution is 0.162. The van der Waals surface area contributed by atoms with Crippen molar-refractivity contribution in [2.45, 2.75) is 57.5 Å². The van der Waals surface area contributed by atoms with Crippen LogP contribution in [0.5, 0.6) is 0 Å². The molecule has 38 heavy (non-hydrogen) atoms. The first kappa shape index (κ1) is 27.2. The minimum atomic E-state index is -3.83. The third kappa shape index (κ3) is 6.01. The predicted octanol–water partition coefficient (Wildman–Crippen LogP) is 4.27. The van der Waals surface area contributed by atoms with Crippen molar-refractivity contribution in [3.63, 3.8) is 0 Å². The molecule has 1 aliphatic carbocycles. The Morgan fingerprint density at radius 1 is 1.21 bits per heavy atom. The van der Waals surface area contributed by atoms with Gasteiger partial charge in [0.1, 0.15) is 17.2 Å². The van der Waals surface area contributed by atoms with Crippen molar-refractivity contribution < 1.29 is 26.7 Å². The Labute approximate surface area is 219 Å². The van der Waals surface area contributed by atoms with Crippen LogP contribution < -0.4 is 15.4 Å². The monoisotopic (exact) mass is 549 g/mol. The van der Waals surface area contributed by atoms with Gasteiger partial charge < -0.3 is 10.1 Å². The van der Waals surface area contributed by atoms with E-state index in [2.05, 4.69) is 35.2 Å². The van der Waals surface area contributed by atoms with Crippen LogP contribution in [0.4, 0.5) is 25.2 Å². The smallest absolute Gasteiger partial charge is 0.408 e. The molecule has 0 spiro atoms. The zero-order valence-electron chi connectivity index (χ0n) is 21.5. The number of nitrogens with one attached hydrogen (secondary N) is 3. The van der Waals surface area contributed by atoms with Crippen LogP contribution in [0.3, 0.4) is 0 Å². The van der Waals surface area contributed by atoms with E-state index in [1.165, 1.54) is 13.3 Å². The summed E-state index contributed by atoms with van der Waals surface area (Å²) in [7, 11) is -2.59. The number of hydrogen-bond acceptors (Lipinski definition) is 8. The number of hydrogen-bond donors (Lipinski definition) is 3. The van der Waals surface area contributed by atoms with Crippen LogP contribution in [-0.2, 0) is 14.8 Å². The fourth-order valence-corrected chi connectivity index (χ4v) is 5.06. The predicted molar refractivity (Wildman–Crippen MR) is 138 cm³/mol. The molecule has 11 nitrogen and oxygen atoms in total. The summed E-state index contributed by atoms with van der Waals surface area (Å²) in [4.78, 5) is 20.3. The Morgan fingerprint density at radius 3 is 2.55 bits per heavy atom. The molecule has 4 rings (SSSR count). The molecule has 0 unspecified atom stereocenters. The Hall–Kier alpha value is -3.81. The average Bonchev–Trinajstić information content (AvgIpc) is 3.60. The highest BCUT2D eigenvalue weighted by Gasteiger charge is 2.36. The normalized spacial score (nSPS) is 13.9. The van der Waals surface area contributed by atoms with Crippen LogP contribution in [0.25, 0.3) is 22.5 Å². The third-order valence-corrected chi connectivity index (χ3v) is 7.58. The fourth-order valence-electron chi connectivity index (χ4n) is 3.68. The number of ether oxygens (including phenoxy) is 1. The molecule has 1 fully saturated rings. The first-order valence-corrected chi connectivity index (χ1v) is 13.4. The average molecular weight is 550 g/mol. The van der Waals surface area contributed by atoms with Crippen molar-refractivity contribution in [1.29, 1.82) is 0 Å². The number of sulfonamides is 1. The van der Waals surface area contributed by atoms with Crippen molar-refractivity contribution in [2.24, 2.45) is 0 Å². The number of anilines is 2. The van der Waals surface area contributed by atoms with Crippen molar-refractivity contribution in [3.05, 3.63) is 42.2 Å². The van der Waals surface area contributed by atoms with E-state index in [4.69, 9.17) is 0 Å². The van der Waals surface area contributed by atoms with E-state index in [-0.39, 0.29) is 23.2 Å². The van der Waals surface area contributed by atoms with Gasteiger partial charge in [0.2, 0.25) is 16.0 Å². The number of carbonyl (C=O) groups excluding carboxylic acids is 1. The molecule has 0 saturated heterocycles. The number of rotatable bonds is 9. The van der Waals surface area contributed by atoms with Gasteiger partial charge in [-0.3, -0.25) is 14.7 Å². The Balaban J connectivity index is 1.77. The maximum atomic E-state index is 15.7. The van der Waals surface area contributed by atoms with E-state index in [0.717, 1.165) is 12.1 Å². The van der Waals surface area contributed by atoms with Gasteiger partial charge in [-0.1, -0.05) is 0 Å². The fraction of sp³-hybridized carbons (Fsp3) is 0.417. The van der Waals surface area contributed by atoms with Gasteiger partial charge in [-0.15, -0.1) is 0 Å². The van der Waals surface area contributed by atoms with E-state index in [9.17, 15) is 17.6 Å². The molecule has 3 aromatic rings. The molecule has 2 aromatic heterocycles. The molecule has 1 aliphatic rings. The summed E-state index contributed by atoms with van der Waals surface area (Å²) in [5.41, 5.74) is -0.935. The number of amides is 1. The second-order valence-corrected chi connectivity index (χ2v) is 11.7. The SMILES string of the molecule is COC(=O)NC(C)(C)Nc1nccc(-c2cn(C(C)C)nc2-c2cc(F)cc(NS(=O)(=O)C3CC3)c2F)n1. The van der Waals surface area contributed by atoms with Gasteiger partial charge in [0.15, 0.2) is 5.82 Å². The second kappa shape index (κ2) is 10.2. The molecular formula is C24H29F2N7O4S. The first-order valence-electron chi connectivity index (χ1n) is 11.9. The summed E-state index contributed by atoms with van der Waals surface area (Å²) >= 11 is 0. The van der Waals surface area contributed by atoms with Gasteiger partial charge >= 0.3 is 6.09 Å². The lowest BCUT2D eigenvalue weighted by Gasteiger charge is -2.26. The highest BCUT2D eigenvalue weighted by molar-refractivity contribution is 7.93. The molecule has 0 aliphatic heterocycles. The van der Waals surface area contributed by atoms with Gasteiger partial charge in [-0.2, -0.15) is 5.10 Å². The third-order valence-electron chi connectivity index (χ3n) is 5.72. The molecule has 1 amide bonds. The maximum absolute atomic E-state index is 15.7. The lowest BCUT2D eigenvalue weighted by Crippen LogP contribution is -2.49. The summed E-state index contributed by atoms with van der Waals surface area (Å²) in [5.74, 6) is -1.65. The van der Waals surface area contributed by atoms with Crippen LogP contribution in [0.2, 0.25) is 0 Å². The van der Waals surface area contributed by atoms with E-state index in [1.54, 1.807) is 30.8 Å². The highest BCUT2D eigenvalue weighted by Crippen LogP contribution is 2.37. The van der Waals surface area contributed by atoms with E-state index in [0.29, 0.717) is 24.1 Å². The van der Waals surface area contributed by atoms with Gasteiger partial charge in [0.25, 0.3) is 0 Å². The molecule has 204 valence electrons. The Morgan fingerprint density at radius 2 is 1.92 bits per heavy atom. The van der Waals surface area contributed by atoms with Crippen molar-refractivity contribution in [3.8, 4) is 22.5 Å². The second-order valence-electron chi connectivity index (χ2n) is 9.76. The van der Waals surface area contributed by atoms with Crippen LogP contribution >= 0.6 is 0 Å². The van der Waals surface area contributed by atoms with E-state index in [1.807, 2.05) is 13.8 Å². The molecular weight excluding hydrogens is 520 g/mol. The molecule has 0 bridgehead atoms. The number of methoxy groups -OCH3 is 1. The highest BCUT2D eigenvalue weighted by atomic mass is 32.2. The summed E-state index contributed by atoms with van der Waals surface area (Å²) in [6, 6.07) is 3.21. The van der Waals surface area contributed by atoms with Crippen molar-refractivity contribution in [1.82, 2.24) is 25.1 Å². The minimum Gasteiger partial charge on any atom is -0.453 e. The molecule has 0 radical (unpaired) electrons. The standard InChI is InChI=1S/C24H29F2N7O4S/c1-13(2)33-12-17(18-8-9-27-22(28-18)29-24(3,4)30-23(34)37-5)21(31-33)16-10-14(25)11-19(20(16)26)32-38(35,36)15-6-7-15/h8-13,15,32H,6-7H2,1-5H3,(H,30,34)(H,27,28,29). The van der Waals surface area contributed by atoms with Crippen LogP contribution in [0, 0.1) is 11.6 Å². The molecule has 0 atom stereocenters. The summed E-state index contributed by atoms with van der Waals surface area (Å²) in [5, 5.41) is 9.45. The molecule has 2 heterocycles. The Kier molecular flexibility index (Phi) is 7.28. The lowest BCUT2D eigenvalue weighted by atomic mass is 10.0. The van der Waals surface area contributed by atoms with Crippen LogP contribution in [0.1, 0.15) is 46.6 Å². The van der Waals surface area contributed by atoms with Gasteiger partial charge in [0, 0.05) is 35.6 Å². The molecule has 3 N–H and O–H groups in total. The number of carbonyl (C=O) groups is 1. The largest absolute Gasteiger partial charge is 0.453 e. The zero-order valence-corrected chi connectivity index (χ0v) is 22.4. The van der Waals surface area contributed by atoms with Gasteiger partial charge in [0.05, 0.1) is 23.7 Å². The number of aromatic nitrogens is 4. The van der Waals surface area contributed by atoms with E-state index < -0.39 is 44.4 Å². The quantitative estimate of drug-likeness (QED) is 0.336. The number of benzene rings is 1. The van der Waals surface area contributed by atoms with Gasteiger partial charge in [-0.25, -0.2) is 32.0 Å². The number of halogens is 2. The topological polar surface area (TPSA) is 140 Å². The number of alkyl carbamates (subject to hydrolysis) is 1. The summed E-state index contributed by atoms with van der Waals surface area (Å²) < 4.78 is 63.5. The zero-order chi connectivity index (χ0) is 27.8. The summed E-state index contributed by atoms with van der Waals surface area (Å²) in [6.07, 6.45) is 3.39. The van der Waals surface area contributed by atoms with Crippen LogP contribution in [-0.4, -0.2) is 52.3 Å². The van der Waals surface area contributed by atoms with Crippen molar-refractivity contribution in [2.75, 3.05) is 17.1 Å². The maximum Gasteiger partial charge on any atom is 0.408 e. The van der Waals surface area contributed by atoms with E-state index >= 15 is 4.39 Å². The van der Waals surface area contributed by atoms with Gasteiger partial charge in [-0.05, 0) is 52.7 Å². The molecule has 1 aromatic carbocycles. The van der Waals surface area contributed by atoms with Crippen LogP contribution in [0.15, 0.2) is 30.6 Å². The molecule has 14 heteroatoms. The first-order chi connectivity index (χ1) is 17.8.